The van der Waals surface area contributed by atoms with E-state index < -0.39 is 5.97 Å². The number of carboxylic acid groups (broad SMARTS) is 1. The molecule has 3 nitrogen and oxygen atoms in total. The van der Waals surface area contributed by atoms with Crippen LogP contribution in [0.25, 0.3) is 0 Å². The van der Waals surface area contributed by atoms with E-state index >= 15 is 0 Å². The third-order valence-corrected chi connectivity index (χ3v) is 4.47. The number of carbonyl (C=O) groups is 1. The summed E-state index contributed by atoms with van der Waals surface area (Å²) in [5, 5.41) is 9.24. The van der Waals surface area contributed by atoms with Gasteiger partial charge in [-0.2, -0.15) is 0 Å². The molecule has 1 aromatic rings. The van der Waals surface area contributed by atoms with Crippen molar-refractivity contribution in [2.75, 3.05) is 13.1 Å². The molecule has 2 rings (SSSR count). The Balaban J connectivity index is 2.35. The Morgan fingerprint density at radius 1 is 1.38 bits per heavy atom. The van der Waals surface area contributed by atoms with Gasteiger partial charge in [-0.3, -0.25) is 9.69 Å². The Labute approximate surface area is 128 Å². The largest absolute Gasteiger partial charge is 0.480 e. The average Bonchev–Trinajstić information content (AvgIpc) is 2.37. The van der Waals surface area contributed by atoms with Gasteiger partial charge in [0.2, 0.25) is 0 Å². The highest BCUT2D eigenvalue weighted by Gasteiger charge is 2.35. The second-order valence-corrected chi connectivity index (χ2v) is 7.24. The van der Waals surface area contributed by atoms with E-state index in [1.807, 2.05) is 0 Å². The fourth-order valence-corrected chi connectivity index (χ4v) is 3.52. The molecule has 0 heterocycles. The first kappa shape index (κ1) is 16.0. The molecule has 0 fully saturated rings. The molecule has 1 aromatic carbocycles. The molecule has 0 saturated heterocycles. The Morgan fingerprint density at radius 2 is 2.05 bits per heavy atom. The molecule has 0 bridgehead atoms. The van der Waals surface area contributed by atoms with E-state index in [1.165, 1.54) is 11.1 Å². The summed E-state index contributed by atoms with van der Waals surface area (Å²) >= 11 is 0. The number of hydrogen-bond acceptors (Lipinski definition) is 2. The van der Waals surface area contributed by atoms with Gasteiger partial charge in [0.15, 0.2) is 0 Å². The molecular weight excluding hydrogens is 262 g/mol. The Hall–Kier alpha value is -1.35. The van der Waals surface area contributed by atoms with Crippen LogP contribution in [0.5, 0.6) is 0 Å². The number of nitrogens with zero attached hydrogens (tertiary/aromatic N) is 1. The van der Waals surface area contributed by atoms with Crippen LogP contribution >= 0.6 is 0 Å². The van der Waals surface area contributed by atoms with Crippen molar-refractivity contribution in [2.45, 2.75) is 52.0 Å². The highest BCUT2D eigenvalue weighted by Crippen LogP contribution is 2.43. The minimum Gasteiger partial charge on any atom is -0.480 e. The van der Waals surface area contributed by atoms with Crippen LogP contribution in [0.3, 0.4) is 0 Å². The number of carboxylic acids is 1. The fourth-order valence-electron chi connectivity index (χ4n) is 3.52. The monoisotopic (exact) mass is 289 g/mol. The normalized spacial score (nSPS) is 20.6. The molecule has 3 heteroatoms. The zero-order valence-electron chi connectivity index (χ0n) is 13.6. The summed E-state index contributed by atoms with van der Waals surface area (Å²) in [5.74, 6) is -0.274. The van der Waals surface area contributed by atoms with Crippen LogP contribution < -0.4 is 0 Å². The van der Waals surface area contributed by atoms with E-state index in [2.05, 4.69) is 56.9 Å². The Bertz CT molecular complexity index is 508. The minimum absolute atomic E-state index is 0.123. The third-order valence-electron chi connectivity index (χ3n) is 4.47. The number of aliphatic carboxylic acids is 1. The quantitative estimate of drug-likeness (QED) is 0.895. The molecule has 0 spiro atoms. The lowest BCUT2D eigenvalue weighted by Gasteiger charge is -2.42. The molecule has 1 aliphatic carbocycles. The summed E-state index contributed by atoms with van der Waals surface area (Å²) in [6.07, 6.45) is 2.13. The molecule has 0 amide bonds. The topological polar surface area (TPSA) is 40.5 Å². The highest BCUT2D eigenvalue weighted by atomic mass is 16.4. The van der Waals surface area contributed by atoms with E-state index in [9.17, 15) is 9.90 Å². The number of benzene rings is 1. The van der Waals surface area contributed by atoms with Crippen molar-refractivity contribution < 1.29 is 9.90 Å². The van der Waals surface area contributed by atoms with E-state index in [4.69, 9.17) is 0 Å². The van der Waals surface area contributed by atoms with Gasteiger partial charge >= 0.3 is 5.97 Å². The first-order valence-corrected chi connectivity index (χ1v) is 7.86. The molecule has 0 saturated carbocycles. The van der Waals surface area contributed by atoms with Gasteiger partial charge in [0.05, 0.1) is 6.54 Å². The van der Waals surface area contributed by atoms with Crippen molar-refractivity contribution in [1.29, 1.82) is 0 Å². The lowest BCUT2D eigenvalue weighted by Crippen LogP contribution is -2.40. The number of hydrogen-bond donors (Lipinski definition) is 1. The van der Waals surface area contributed by atoms with E-state index in [0.29, 0.717) is 5.92 Å². The first-order chi connectivity index (χ1) is 9.81. The van der Waals surface area contributed by atoms with Crippen molar-refractivity contribution >= 4 is 5.97 Å². The van der Waals surface area contributed by atoms with Crippen molar-refractivity contribution in [1.82, 2.24) is 4.90 Å². The zero-order valence-corrected chi connectivity index (χ0v) is 13.6. The second kappa shape index (κ2) is 6.18. The van der Waals surface area contributed by atoms with Gasteiger partial charge in [0.25, 0.3) is 0 Å². The summed E-state index contributed by atoms with van der Waals surface area (Å²) in [6.45, 7) is 9.81. The molecular formula is C18H27NO2. The van der Waals surface area contributed by atoms with Gasteiger partial charge < -0.3 is 5.11 Å². The average molecular weight is 289 g/mol. The fraction of sp³-hybridized carbons (Fsp3) is 0.611. The first-order valence-electron chi connectivity index (χ1n) is 7.86. The summed E-state index contributed by atoms with van der Waals surface area (Å²) in [5.41, 5.74) is 2.87. The van der Waals surface area contributed by atoms with Crippen LogP contribution in [-0.4, -0.2) is 29.1 Å². The maximum Gasteiger partial charge on any atom is 0.317 e. The Kier molecular flexibility index (Phi) is 4.72. The SMILES string of the molecule is CC(C)CN(CC(=O)O)C1CCC(C)(C)c2ccccc21. The van der Waals surface area contributed by atoms with Gasteiger partial charge in [-0.05, 0) is 35.3 Å². The van der Waals surface area contributed by atoms with Gasteiger partial charge in [-0.15, -0.1) is 0 Å². The van der Waals surface area contributed by atoms with Crippen LogP contribution in [0.2, 0.25) is 0 Å². The zero-order chi connectivity index (χ0) is 15.6. The third kappa shape index (κ3) is 3.65. The van der Waals surface area contributed by atoms with Crippen LogP contribution in [0.1, 0.15) is 57.7 Å². The smallest absolute Gasteiger partial charge is 0.317 e. The molecule has 0 aromatic heterocycles. The Morgan fingerprint density at radius 3 is 2.67 bits per heavy atom. The maximum atomic E-state index is 11.2. The maximum absolute atomic E-state index is 11.2. The lowest BCUT2D eigenvalue weighted by atomic mass is 9.70. The molecule has 1 unspecified atom stereocenters. The molecule has 1 atom stereocenters. The van der Waals surface area contributed by atoms with Crippen LogP contribution in [0.4, 0.5) is 0 Å². The number of rotatable bonds is 5. The molecule has 21 heavy (non-hydrogen) atoms. The molecule has 1 N–H and O–H groups in total. The van der Waals surface area contributed by atoms with Crippen LogP contribution in [0, 0.1) is 5.92 Å². The van der Waals surface area contributed by atoms with Gasteiger partial charge in [-0.25, -0.2) is 0 Å². The summed E-state index contributed by atoms with van der Waals surface area (Å²) in [6, 6.07) is 8.77. The second-order valence-electron chi connectivity index (χ2n) is 7.24. The van der Waals surface area contributed by atoms with Crippen LogP contribution in [-0.2, 0) is 10.2 Å². The van der Waals surface area contributed by atoms with Gasteiger partial charge in [-0.1, -0.05) is 52.0 Å². The minimum atomic E-state index is -0.738. The molecule has 116 valence electrons. The lowest BCUT2D eigenvalue weighted by molar-refractivity contribution is -0.139. The molecule has 0 aliphatic heterocycles. The predicted molar refractivity (Wildman–Crippen MR) is 85.5 cm³/mol. The number of fused-ring (bicyclic) bond motifs is 1. The van der Waals surface area contributed by atoms with Crippen molar-refractivity contribution in [3.05, 3.63) is 35.4 Å². The summed E-state index contributed by atoms with van der Waals surface area (Å²) in [4.78, 5) is 13.4. The van der Waals surface area contributed by atoms with Gasteiger partial charge in [0, 0.05) is 12.6 Å². The van der Waals surface area contributed by atoms with Gasteiger partial charge in [0.1, 0.15) is 0 Å². The highest BCUT2D eigenvalue weighted by molar-refractivity contribution is 5.69. The van der Waals surface area contributed by atoms with Crippen molar-refractivity contribution in [2.24, 2.45) is 5.92 Å². The summed E-state index contributed by atoms with van der Waals surface area (Å²) < 4.78 is 0. The van der Waals surface area contributed by atoms with E-state index in [1.54, 1.807) is 0 Å². The van der Waals surface area contributed by atoms with E-state index in [0.717, 1.165) is 19.4 Å². The predicted octanol–water partition coefficient (Wildman–Crippen LogP) is 3.84. The molecule has 1 aliphatic rings. The molecule has 0 radical (unpaired) electrons. The summed E-state index contributed by atoms with van der Waals surface area (Å²) in [7, 11) is 0. The van der Waals surface area contributed by atoms with Crippen LogP contribution in [0.15, 0.2) is 24.3 Å². The standard InChI is InChI=1S/C18H27NO2/c1-13(2)11-19(12-17(20)21)16-9-10-18(3,4)15-8-6-5-7-14(15)16/h5-8,13,16H,9-12H2,1-4H3,(H,20,21). The van der Waals surface area contributed by atoms with Crippen molar-refractivity contribution in [3.8, 4) is 0 Å². The van der Waals surface area contributed by atoms with Crippen molar-refractivity contribution in [3.63, 3.8) is 0 Å². The van der Waals surface area contributed by atoms with E-state index in [-0.39, 0.29) is 18.0 Å².